The van der Waals surface area contributed by atoms with Crippen LogP contribution in [0.4, 0.5) is 9.59 Å². The molecule has 0 radical (unpaired) electrons. The number of carboxylic acids is 1. The summed E-state index contributed by atoms with van der Waals surface area (Å²) in [6.07, 6.45) is 5.31. The predicted octanol–water partition coefficient (Wildman–Crippen LogP) is 11.3. The first-order valence-electron chi connectivity index (χ1n) is 27.7. The third-order valence-corrected chi connectivity index (χ3v) is 9.98. The molecule has 494 valence electrons. The fourth-order valence-corrected chi connectivity index (χ4v) is 6.67. The van der Waals surface area contributed by atoms with Gasteiger partial charge in [-0.25, -0.2) is 19.2 Å². The lowest BCUT2D eigenvalue weighted by Crippen LogP contribution is -2.43. The van der Waals surface area contributed by atoms with Crippen LogP contribution in [0.25, 0.3) is 0 Å². The van der Waals surface area contributed by atoms with Crippen LogP contribution in [0.3, 0.4) is 0 Å². The fourth-order valence-electron chi connectivity index (χ4n) is 5.93. The van der Waals surface area contributed by atoms with Crippen molar-refractivity contribution >= 4 is 71.0 Å². The number of nitrogens with two attached hydrogens (primary N) is 2. The molecule has 11 N–H and O–H groups in total. The third-order valence-electron chi connectivity index (χ3n) is 9.01. The van der Waals surface area contributed by atoms with E-state index in [0.717, 1.165) is 33.7 Å². The van der Waals surface area contributed by atoms with Crippen molar-refractivity contribution < 1.29 is 72.8 Å². The Morgan fingerprint density at radius 3 is 1.51 bits per heavy atom. The van der Waals surface area contributed by atoms with Crippen LogP contribution in [0.5, 0.6) is 0 Å². The highest BCUT2D eigenvalue weighted by atomic mass is 35.5. The van der Waals surface area contributed by atoms with Gasteiger partial charge in [-0.15, -0.1) is 11.6 Å². The predicted molar refractivity (Wildman–Crippen MR) is 344 cm³/mol. The van der Waals surface area contributed by atoms with Gasteiger partial charge in [-0.05, 0) is 91.8 Å². The van der Waals surface area contributed by atoms with E-state index in [-0.39, 0.29) is 65.4 Å². The zero-order valence-corrected chi connectivity index (χ0v) is 53.8. The van der Waals surface area contributed by atoms with Gasteiger partial charge < -0.3 is 35.4 Å². The van der Waals surface area contributed by atoms with E-state index in [1.165, 1.54) is 24.8 Å². The first-order chi connectivity index (χ1) is 39.1. The van der Waals surface area contributed by atoms with Gasteiger partial charge in [0.15, 0.2) is 13.2 Å². The van der Waals surface area contributed by atoms with Crippen LogP contribution in [-0.2, 0) is 57.5 Å². The van der Waals surface area contributed by atoms with Crippen molar-refractivity contribution in [2.45, 2.75) is 193 Å². The molecule has 1 heterocycles. The number of aryl methyl sites for hydroxylation is 1. The van der Waals surface area contributed by atoms with Gasteiger partial charge in [0.2, 0.25) is 11.8 Å². The summed E-state index contributed by atoms with van der Waals surface area (Å²) >= 11 is 13.6. The number of rotatable bonds is 20. The number of hydroxylamine groups is 2. The van der Waals surface area contributed by atoms with Crippen LogP contribution < -0.4 is 33.3 Å². The van der Waals surface area contributed by atoms with Crippen molar-refractivity contribution in [3.8, 4) is 0 Å². The van der Waals surface area contributed by atoms with E-state index in [1.54, 1.807) is 48.5 Å². The Bertz CT molecular complexity index is 2290. The summed E-state index contributed by atoms with van der Waals surface area (Å²) in [5, 5.41) is 14.8. The van der Waals surface area contributed by atoms with Crippen molar-refractivity contribution in [3.63, 3.8) is 0 Å². The van der Waals surface area contributed by atoms with Gasteiger partial charge in [-0.2, -0.15) is 11.0 Å². The maximum Gasteiger partial charge on any atom is 0.431 e. The monoisotopic (exact) mass is 1260 g/mol. The van der Waals surface area contributed by atoms with Gasteiger partial charge in [0.1, 0.15) is 22.1 Å². The number of unbranched alkanes of at least 4 members (excludes halogenated alkanes) is 1. The van der Waals surface area contributed by atoms with E-state index in [9.17, 15) is 43.5 Å². The van der Waals surface area contributed by atoms with Gasteiger partial charge in [0.25, 0.3) is 11.8 Å². The van der Waals surface area contributed by atoms with Crippen LogP contribution in [0.1, 0.15) is 186 Å². The topological polar surface area (TPSA) is 338 Å². The Hall–Kier alpha value is -6.66. The highest BCUT2D eigenvalue weighted by Gasteiger charge is 2.35. The highest BCUT2D eigenvalue weighted by Crippen LogP contribution is 2.45. The molecular weight excluding hydrogens is 1150 g/mol. The van der Waals surface area contributed by atoms with Crippen LogP contribution >= 0.6 is 23.2 Å². The van der Waals surface area contributed by atoms with E-state index in [0.29, 0.717) is 17.9 Å². The Labute approximate surface area is 523 Å². The molecule has 3 aromatic carbocycles. The van der Waals surface area contributed by atoms with Gasteiger partial charge in [-0.3, -0.25) is 45.4 Å². The average Bonchev–Trinajstić information content (AvgIpc) is 1.23. The average molecular weight is 1260 g/mol. The molecule has 0 saturated carbocycles. The van der Waals surface area contributed by atoms with Crippen molar-refractivity contribution in [1.82, 2.24) is 26.5 Å². The Balaban J connectivity index is -0.000000204. The molecule has 3 aromatic rings. The molecule has 86 heavy (non-hydrogen) atoms. The number of nitrogens with zero attached hydrogens (tertiary/aromatic N) is 1. The minimum absolute atomic E-state index is 0. The SMILES string of the molecule is C.C.CC.CC(C)(C)OC(=O)NOCC(=O)N[C@@H](CCCCNC(=O)CCN1C(=O)C=CC1=O)C(=O)O.CCC.CCC.CCC.CCOC(=O)CONC(=O)OC(C)(C)C.Cc1ccc(C(Cl)(c2ccccc2)c2ccccc2Cl)cc1.NN.O. The third kappa shape index (κ3) is 45.7. The quantitative estimate of drug-likeness (QED) is 0.00808. The number of halogens is 2. The molecule has 22 nitrogen and oxygen atoms in total. The highest BCUT2D eigenvalue weighted by molar-refractivity contribution is 6.34. The largest absolute Gasteiger partial charge is 0.480 e. The zero-order chi connectivity index (χ0) is 64.6. The number of amides is 6. The summed E-state index contributed by atoms with van der Waals surface area (Å²) < 4.78 is 14.3. The number of nitrogens with one attached hydrogen (secondary N) is 4. The number of ether oxygens (including phenoxy) is 3. The number of benzene rings is 3. The van der Waals surface area contributed by atoms with Crippen LogP contribution in [-0.4, -0.2) is 113 Å². The molecule has 6 amide bonds. The Kier molecular flexibility index (Phi) is 59.5. The maximum absolute atomic E-state index is 11.8. The molecule has 0 spiro atoms. The number of alkyl halides is 1. The molecule has 1 unspecified atom stereocenters. The minimum Gasteiger partial charge on any atom is -0.480 e. The molecular formula is C62H107Cl2N7O15. The molecule has 0 fully saturated rings. The van der Waals surface area contributed by atoms with Crippen molar-refractivity contribution in [2.24, 2.45) is 11.7 Å². The number of carbonyl (C=O) groups excluding carboxylic acids is 7. The molecule has 1 aliphatic rings. The second-order valence-electron chi connectivity index (χ2n) is 19.3. The van der Waals surface area contributed by atoms with Crippen LogP contribution in [0.2, 0.25) is 5.02 Å². The normalized spacial score (nSPS) is 11.5. The van der Waals surface area contributed by atoms with E-state index in [2.05, 4.69) is 105 Å². The van der Waals surface area contributed by atoms with Crippen molar-refractivity contribution in [1.29, 1.82) is 0 Å². The number of hydrogen-bond donors (Lipinski definition) is 7. The van der Waals surface area contributed by atoms with Crippen LogP contribution in [0, 0.1) is 6.92 Å². The van der Waals surface area contributed by atoms with E-state index >= 15 is 0 Å². The summed E-state index contributed by atoms with van der Waals surface area (Å²) in [4.78, 5) is 100. The summed E-state index contributed by atoms with van der Waals surface area (Å²) in [5.41, 5.74) is 6.67. The first-order valence-corrected chi connectivity index (χ1v) is 28.5. The number of esters is 1. The summed E-state index contributed by atoms with van der Waals surface area (Å²) in [6.45, 7) is 30.2. The summed E-state index contributed by atoms with van der Waals surface area (Å²) in [7, 11) is 0. The Morgan fingerprint density at radius 1 is 0.651 bits per heavy atom. The second-order valence-corrected chi connectivity index (χ2v) is 20.3. The molecule has 0 aromatic heterocycles. The number of hydrogen-bond acceptors (Lipinski definition) is 15. The lowest BCUT2D eigenvalue weighted by Gasteiger charge is -2.30. The number of carboxylic acid groups (broad SMARTS) is 1. The maximum atomic E-state index is 11.8. The van der Waals surface area contributed by atoms with E-state index in [4.69, 9.17) is 37.5 Å². The lowest BCUT2D eigenvalue weighted by molar-refractivity contribution is -0.151. The molecule has 0 aliphatic carbocycles. The van der Waals surface area contributed by atoms with Gasteiger partial charge in [0, 0.05) is 42.2 Å². The zero-order valence-electron chi connectivity index (χ0n) is 52.3. The van der Waals surface area contributed by atoms with Gasteiger partial charge >= 0.3 is 24.1 Å². The summed E-state index contributed by atoms with van der Waals surface area (Å²) in [6, 6.07) is 24.9. The second kappa shape index (κ2) is 55.0. The minimum atomic E-state index is -1.24. The molecule has 2 atom stereocenters. The molecule has 24 heteroatoms. The van der Waals surface area contributed by atoms with Gasteiger partial charge in [-0.1, -0.05) is 179 Å². The lowest BCUT2D eigenvalue weighted by atomic mass is 9.84. The number of imide groups is 1. The van der Waals surface area contributed by atoms with E-state index < -0.39 is 70.6 Å². The van der Waals surface area contributed by atoms with Gasteiger partial charge in [0.05, 0.1) is 6.61 Å². The molecule has 4 rings (SSSR count). The standard InChI is InChI=1S/C20H16Cl2.C20H30N4O9.C9H17NO5.3C3H8.C2H6.2CH4.H4N2.H2O/c1-15-11-13-17(14-12-15)20(22,16-7-3-2-4-8-16)18-9-5-6-10-19(18)21;1-20(2,3)33-19(31)23-32-12-15(26)22-13(18(29)30)6-4-5-10-21-14(25)9-11-24-16(27)7-8-17(24)28;1-5-13-7(11)6-14-10-8(12)15-9(2,3)4;3*1-3-2;1-2;;;1-2;/h2-14H,1H3;7-8,13H,4-6,9-12H2,1-3H3,(H,21,25)(H,22,26)(H,23,31)(H,29,30);5-6H2,1-4H3,(H,10,12);3*3H2,1-2H3;1-2H3;2*1H4;1-2H2;1H2/t;13-;;;;;;;;;/m.0........./s1. The number of aliphatic carboxylic acids is 1. The van der Waals surface area contributed by atoms with Crippen molar-refractivity contribution in [3.05, 3.63) is 118 Å². The Morgan fingerprint density at radius 2 is 1.08 bits per heavy atom. The molecule has 0 bridgehead atoms. The molecule has 1 aliphatic heterocycles. The van der Waals surface area contributed by atoms with Crippen molar-refractivity contribution in [2.75, 3.05) is 32.9 Å². The number of hydrazine groups is 1. The van der Waals surface area contributed by atoms with E-state index in [1.807, 2.05) is 79.4 Å². The molecule has 0 saturated heterocycles. The smallest absolute Gasteiger partial charge is 0.431 e. The fraction of sp³-hybridized carbons (Fsp3) is 0.548. The summed E-state index contributed by atoms with van der Waals surface area (Å²) in [5.74, 6) is 4.21. The number of carbonyl (C=O) groups is 8. The van der Waals surface area contributed by atoms with Crippen LogP contribution in [0.15, 0.2) is 91.0 Å². The first kappa shape index (κ1) is 93.0.